The molecule has 0 radical (unpaired) electrons. The zero-order chi connectivity index (χ0) is 17.2. The lowest BCUT2D eigenvalue weighted by molar-refractivity contribution is -0.144. The zero-order valence-corrected chi connectivity index (χ0v) is 13.7. The van der Waals surface area contributed by atoms with E-state index in [1.807, 2.05) is 43.3 Å². The fourth-order valence-corrected chi connectivity index (χ4v) is 3.28. The monoisotopic (exact) mass is 327 g/mol. The quantitative estimate of drug-likeness (QED) is 0.826. The minimum Gasteiger partial charge on any atom is -0.479 e. The number of amides is 1. The maximum Gasteiger partial charge on any atom is 0.408 e. The van der Waals surface area contributed by atoms with Crippen LogP contribution in [0.5, 0.6) is 0 Å². The van der Waals surface area contributed by atoms with Crippen molar-refractivity contribution in [1.29, 1.82) is 0 Å². The van der Waals surface area contributed by atoms with Crippen molar-refractivity contribution in [1.82, 2.24) is 5.32 Å². The molecule has 1 unspecified atom stereocenters. The standard InChI is InChI=1S/C19H21NO4/c1-2-3-10-24-18(23)20-19(17(21)22)11-14-9-8-13-6-4-5-7-15(13)16(14)12-19/h4-9H,2-3,10-12H2,1H3,(H,20,23)(H,21,22). The van der Waals surface area contributed by atoms with Crippen molar-refractivity contribution < 1.29 is 19.4 Å². The van der Waals surface area contributed by atoms with Gasteiger partial charge in [-0.05, 0) is 28.3 Å². The van der Waals surface area contributed by atoms with Gasteiger partial charge >= 0.3 is 12.1 Å². The van der Waals surface area contributed by atoms with Gasteiger partial charge in [-0.25, -0.2) is 9.59 Å². The van der Waals surface area contributed by atoms with Crippen molar-refractivity contribution in [2.45, 2.75) is 38.1 Å². The molecule has 0 heterocycles. The first kappa shape index (κ1) is 16.3. The predicted octanol–water partition coefficient (Wildman–Crippen LogP) is 3.29. The molecule has 2 aromatic carbocycles. The number of carbonyl (C=O) groups is 2. The highest BCUT2D eigenvalue weighted by Crippen LogP contribution is 2.35. The van der Waals surface area contributed by atoms with Gasteiger partial charge < -0.3 is 15.2 Å². The van der Waals surface area contributed by atoms with Gasteiger partial charge in [-0.1, -0.05) is 49.7 Å². The average molecular weight is 327 g/mol. The number of fused-ring (bicyclic) bond motifs is 3. The van der Waals surface area contributed by atoms with Gasteiger partial charge in [-0.2, -0.15) is 0 Å². The number of alkyl carbamates (subject to hydrolysis) is 1. The highest BCUT2D eigenvalue weighted by atomic mass is 16.5. The highest BCUT2D eigenvalue weighted by molar-refractivity contribution is 5.92. The van der Waals surface area contributed by atoms with Crippen LogP contribution in [0.25, 0.3) is 10.8 Å². The Hall–Kier alpha value is -2.56. The Morgan fingerprint density at radius 2 is 2.00 bits per heavy atom. The summed E-state index contributed by atoms with van der Waals surface area (Å²) in [6.07, 6.45) is 1.54. The van der Waals surface area contributed by atoms with E-state index in [1.54, 1.807) is 0 Å². The third-order valence-electron chi connectivity index (χ3n) is 4.59. The van der Waals surface area contributed by atoms with E-state index in [2.05, 4.69) is 5.32 Å². The summed E-state index contributed by atoms with van der Waals surface area (Å²) in [6.45, 7) is 2.30. The Labute approximate surface area is 140 Å². The van der Waals surface area contributed by atoms with Crippen LogP contribution in [0.15, 0.2) is 36.4 Å². The molecule has 24 heavy (non-hydrogen) atoms. The summed E-state index contributed by atoms with van der Waals surface area (Å²) in [7, 11) is 0. The van der Waals surface area contributed by atoms with Gasteiger partial charge in [-0.15, -0.1) is 0 Å². The SMILES string of the molecule is CCCCOC(=O)NC1(C(=O)O)Cc2ccc3ccccc3c2C1. The van der Waals surface area contributed by atoms with Crippen molar-refractivity contribution in [2.24, 2.45) is 0 Å². The van der Waals surface area contributed by atoms with Crippen molar-refractivity contribution in [3.8, 4) is 0 Å². The molecule has 2 N–H and O–H groups in total. The first-order chi connectivity index (χ1) is 11.6. The summed E-state index contributed by atoms with van der Waals surface area (Å²) in [5, 5.41) is 14.5. The molecule has 1 aliphatic rings. The minimum absolute atomic E-state index is 0.266. The average Bonchev–Trinajstić information content (AvgIpc) is 2.95. The fraction of sp³-hybridized carbons (Fsp3) is 0.368. The summed E-state index contributed by atoms with van der Waals surface area (Å²) in [5.41, 5.74) is 0.616. The summed E-state index contributed by atoms with van der Waals surface area (Å²) < 4.78 is 5.09. The number of ether oxygens (including phenoxy) is 1. The normalized spacial score (nSPS) is 19.0. The van der Waals surface area contributed by atoms with Gasteiger partial charge in [0.1, 0.15) is 5.54 Å². The van der Waals surface area contributed by atoms with E-state index in [0.717, 1.165) is 34.7 Å². The number of rotatable bonds is 5. The minimum atomic E-state index is -1.34. The number of benzene rings is 2. The van der Waals surface area contributed by atoms with Crippen molar-refractivity contribution in [3.63, 3.8) is 0 Å². The van der Waals surface area contributed by atoms with Crippen LogP contribution in [0.1, 0.15) is 30.9 Å². The van der Waals surface area contributed by atoms with Gasteiger partial charge in [0.15, 0.2) is 0 Å². The Morgan fingerprint density at radius 1 is 1.21 bits per heavy atom. The van der Waals surface area contributed by atoms with Gasteiger partial charge in [0, 0.05) is 12.8 Å². The van der Waals surface area contributed by atoms with Gasteiger partial charge in [-0.3, -0.25) is 0 Å². The molecule has 0 bridgehead atoms. The lowest BCUT2D eigenvalue weighted by Gasteiger charge is -2.25. The van der Waals surface area contributed by atoms with Crippen LogP contribution in [-0.2, 0) is 22.4 Å². The van der Waals surface area contributed by atoms with Crippen LogP contribution < -0.4 is 5.32 Å². The second kappa shape index (κ2) is 6.51. The molecule has 0 aliphatic heterocycles. The second-order valence-corrected chi connectivity index (χ2v) is 6.28. The molecule has 5 nitrogen and oxygen atoms in total. The predicted molar refractivity (Wildman–Crippen MR) is 91.1 cm³/mol. The molecule has 1 aliphatic carbocycles. The molecule has 0 saturated carbocycles. The third kappa shape index (κ3) is 2.94. The van der Waals surface area contributed by atoms with E-state index in [9.17, 15) is 14.7 Å². The van der Waals surface area contributed by atoms with Gasteiger partial charge in [0.2, 0.25) is 0 Å². The molecule has 1 atom stereocenters. The number of carboxylic acid groups (broad SMARTS) is 1. The lowest BCUT2D eigenvalue weighted by Crippen LogP contribution is -2.55. The summed E-state index contributed by atoms with van der Waals surface area (Å²) in [4.78, 5) is 23.9. The van der Waals surface area contributed by atoms with Gasteiger partial charge in [0.05, 0.1) is 6.61 Å². The van der Waals surface area contributed by atoms with E-state index in [0.29, 0.717) is 6.61 Å². The number of carboxylic acids is 1. The number of hydrogen-bond donors (Lipinski definition) is 2. The molecule has 2 aromatic rings. The van der Waals surface area contributed by atoms with Gasteiger partial charge in [0.25, 0.3) is 0 Å². The largest absolute Gasteiger partial charge is 0.479 e. The number of unbranched alkanes of at least 4 members (excludes halogenated alkanes) is 1. The summed E-state index contributed by atoms with van der Waals surface area (Å²) >= 11 is 0. The molecule has 0 spiro atoms. The zero-order valence-electron chi connectivity index (χ0n) is 13.7. The van der Waals surface area contributed by atoms with E-state index in [4.69, 9.17) is 4.74 Å². The molecular formula is C19H21NO4. The first-order valence-corrected chi connectivity index (χ1v) is 8.23. The first-order valence-electron chi connectivity index (χ1n) is 8.23. The van der Waals surface area contributed by atoms with Crippen molar-refractivity contribution in [2.75, 3.05) is 6.61 Å². The number of nitrogens with one attached hydrogen (secondary N) is 1. The second-order valence-electron chi connectivity index (χ2n) is 6.28. The van der Waals surface area contributed by atoms with E-state index < -0.39 is 17.6 Å². The summed E-state index contributed by atoms with van der Waals surface area (Å²) in [6, 6.07) is 11.8. The Bertz CT molecular complexity index is 786. The molecule has 0 saturated heterocycles. The summed E-state index contributed by atoms with van der Waals surface area (Å²) in [5.74, 6) is -1.03. The lowest BCUT2D eigenvalue weighted by atomic mass is 9.95. The smallest absolute Gasteiger partial charge is 0.408 e. The number of carbonyl (C=O) groups excluding carboxylic acids is 1. The van der Waals surface area contributed by atoms with E-state index in [-0.39, 0.29) is 12.8 Å². The highest BCUT2D eigenvalue weighted by Gasteiger charge is 2.46. The molecular weight excluding hydrogens is 306 g/mol. The van der Waals surface area contributed by atoms with Crippen LogP contribution >= 0.6 is 0 Å². The third-order valence-corrected chi connectivity index (χ3v) is 4.59. The van der Waals surface area contributed by atoms with E-state index >= 15 is 0 Å². The fourth-order valence-electron chi connectivity index (χ4n) is 3.28. The molecule has 5 heteroatoms. The Balaban J connectivity index is 1.86. The Kier molecular flexibility index (Phi) is 4.42. The Morgan fingerprint density at radius 3 is 2.75 bits per heavy atom. The molecule has 0 fully saturated rings. The molecule has 1 amide bonds. The number of hydrogen-bond acceptors (Lipinski definition) is 3. The maximum atomic E-state index is 12.0. The number of aliphatic carboxylic acids is 1. The van der Waals surface area contributed by atoms with Crippen LogP contribution in [0, 0.1) is 0 Å². The van der Waals surface area contributed by atoms with Crippen molar-refractivity contribution >= 4 is 22.8 Å². The van der Waals surface area contributed by atoms with Crippen LogP contribution in [0.2, 0.25) is 0 Å². The topological polar surface area (TPSA) is 75.6 Å². The van der Waals surface area contributed by atoms with Crippen LogP contribution in [0.4, 0.5) is 4.79 Å². The molecule has 3 rings (SSSR count). The molecule has 0 aromatic heterocycles. The van der Waals surface area contributed by atoms with Crippen LogP contribution in [-0.4, -0.2) is 29.3 Å². The molecule has 126 valence electrons. The van der Waals surface area contributed by atoms with Crippen molar-refractivity contribution in [3.05, 3.63) is 47.5 Å². The maximum absolute atomic E-state index is 12.0. The van der Waals surface area contributed by atoms with Crippen LogP contribution in [0.3, 0.4) is 0 Å². The van der Waals surface area contributed by atoms with E-state index in [1.165, 1.54) is 0 Å².